The van der Waals surface area contributed by atoms with E-state index < -0.39 is 0 Å². The van der Waals surface area contributed by atoms with E-state index in [9.17, 15) is 0 Å². The molecule has 0 aliphatic heterocycles. The van der Waals surface area contributed by atoms with Crippen molar-refractivity contribution in [1.29, 1.82) is 0 Å². The minimum atomic E-state index is 0.538. The van der Waals surface area contributed by atoms with Gasteiger partial charge in [0.15, 0.2) is 0 Å². The maximum atomic E-state index is 4.46. The highest BCUT2D eigenvalue weighted by Crippen LogP contribution is 2.16. The van der Waals surface area contributed by atoms with Crippen molar-refractivity contribution < 1.29 is 0 Å². The van der Waals surface area contributed by atoms with Gasteiger partial charge >= 0.3 is 0 Å². The van der Waals surface area contributed by atoms with Gasteiger partial charge in [0.05, 0.1) is 0 Å². The van der Waals surface area contributed by atoms with Gasteiger partial charge in [-0.25, -0.2) is 0 Å². The lowest BCUT2D eigenvalue weighted by molar-refractivity contribution is 0.811. The summed E-state index contributed by atoms with van der Waals surface area (Å²) in [7, 11) is 0. The van der Waals surface area contributed by atoms with Crippen LogP contribution in [0, 0.1) is 0 Å². The Morgan fingerprint density at radius 3 is 2.23 bits per heavy atom. The highest BCUT2D eigenvalue weighted by molar-refractivity contribution is 5.27. The average Bonchev–Trinajstić information content (AvgIpc) is 2.16. The molecule has 0 spiro atoms. The third kappa shape index (κ3) is 2.30. The van der Waals surface area contributed by atoms with Crippen LogP contribution in [-0.2, 0) is 12.8 Å². The zero-order valence-electron chi connectivity index (χ0n) is 9.09. The summed E-state index contributed by atoms with van der Waals surface area (Å²) in [5.74, 6) is 0.538. The molecule has 1 aromatic rings. The topological polar surface area (TPSA) is 12.9 Å². The van der Waals surface area contributed by atoms with E-state index in [1.165, 1.54) is 16.8 Å². The van der Waals surface area contributed by atoms with Crippen LogP contribution in [0.2, 0.25) is 0 Å². The molecule has 0 saturated heterocycles. The molecular formula is C12H19N. The number of hydrogen-bond acceptors (Lipinski definition) is 1. The molecule has 0 atom stereocenters. The molecule has 13 heavy (non-hydrogen) atoms. The van der Waals surface area contributed by atoms with Gasteiger partial charge < -0.3 is 0 Å². The molecule has 0 aliphatic rings. The summed E-state index contributed by atoms with van der Waals surface area (Å²) < 4.78 is 0. The van der Waals surface area contributed by atoms with Crippen LogP contribution in [0.25, 0.3) is 0 Å². The van der Waals surface area contributed by atoms with Crippen LogP contribution in [0.1, 0.15) is 50.4 Å². The quantitative estimate of drug-likeness (QED) is 0.690. The summed E-state index contributed by atoms with van der Waals surface area (Å²) in [6.45, 7) is 8.77. The Hall–Kier alpha value is -0.850. The fraction of sp³-hybridized carbons (Fsp3) is 0.583. The van der Waals surface area contributed by atoms with Crippen molar-refractivity contribution in [2.75, 3.05) is 0 Å². The van der Waals surface area contributed by atoms with Crippen LogP contribution >= 0.6 is 0 Å². The van der Waals surface area contributed by atoms with E-state index >= 15 is 0 Å². The summed E-state index contributed by atoms with van der Waals surface area (Å²) in [6.07, 6.45) is 4.24. The van der Waals surface area contributed by atoms with Crippen LogP contribution in [0.3, 0.4) is 0 Å². The van der Waals surface area contributed by atoms with Crippen molar-refractivity contribution in [2.45, 2.75) is 46.5 Å². The summed E-state index contributed by atoms with van der Waals surface area (Å²) in [5.41, 5.74) is 4.07. The summed E-state index contributed by atoms with van der Waals surface area (Å²) in [5, 5.41) is 0. The van der Waals surface area contributed by atoms with Crippen LogP contribution in [0.5, 0.6) is 0 Å². The van der Waals surface area contributed by atoms with Crippen molar-refractivity contribution in [3.63, 3.8) is 0 Å². The maximum absolute atomic E-state index is 4.46. The van der Waals surface area contributed by atoms with Crippen molar-refractivity contribution in [3.05, 3.63) is 29.1 Å². The van der Waals surface area contributed by atoms with Gasteiger partial charge in [-0.05, 0) is 36.0 Å². The molecule has 1 nitrogen and oxygen atoms in total. The van der Waals surface area contributed by atoms with Crippen molar-refractivity contribution in [3.8, 4) is 0 Å². The SMILES string of the molecule is CCc1cnc(C(C)C)cc1CC. The Kier molecular flexibility index (Phi) is 3.47. The molecule has 1 aromatic heterocycles. The Balaban J connectivity index is 3.05. The van der Waals surface area contributed by atoms with Gasteiger partial charge in [0.2, 0.25) is 0 Å². The van der Waals surface area contributed by atoms with Crippen molar-refractivity contribution >= 4 is 0 Å². The molecule has 0 radical (unpaired) electrons. The maximum Gasteiger partial charge on any atom is 0.0431 e. The Labute approximate surface area is 81.2 Å². The minimum absolute atomic E-state index is 0.538. The van der Waals surface area contributed by atoms with Crippen LogP contribution in [-0.4, -0.2) is 4.98 Å². The predicted molar refractivity (Wildman–Crippen MR) is 57.1 cm³/mol. The number of hydrogen-bond donors (Lipinski definition) is 0. The molecule has 0 aliphatic carbocycles. The standard InChI is InChI=1S/C12H19N/c1-5-10-7-12(9(3)4)13-8-11(10)6-2/h7-9H,5-6H2,1-4H3. The molecule has 1 heteroatoms. The fourth-order valence-electron chi connectivity index (χ4n) is 1.51. The number of pyridine rings is 1. The first-order valence-electron chi connectivity index (χ1n) is 5.16. The molecular weight excluding hydrogens is 158 g/mol. The predicted octanol–water partition coefficient (Wildman–Crippen LogP) is 3.33. The second kappa shape index (κ2) is 4.40. The Morgan fingerprint density at radius 1 is 1.15 bits per heavy atom. The van der Waals surface area contributed by atoms with E-state index in [1.807, 2.05) is 6.20 Å². The molecule has 0 fully saturated rings. The second-order valence-electron chi connectivity index (χ2n) is 3.74. The van der Waals surface area contributed by atoms with E-state index in [-0.39, 0.29) is 0 Å². The number of aryl methyl sites for hydroxylation is 2. The summed E-state index contributed by atoms with van der Waals surface area (Å²) >= 11 is 0. The first kappa shape index (κ1) is 10.2. The smallest absolute Gasteiger partial charge is 0.0431 e. The van der Waals surface area contributed by atoms with Gasteiger partial charge in [-0.15, -0.1) is 0 Å². The van der Waals surface area contributed by atoms with Gasteiger partial charge in [0, 0.05) is 11.9 Å². The van der Waals surface area contributed by atoms with Gasteiger partial charge in [-0.3, -0.25) is 4.98 Å². The van der Waals surface area contributed by atoms with Crippen molar-refractivity contribution in [2.24, 2.45) is 0 Å². The van der Waals surface area contributed by atoms with Crippen molar-refractivity contribution in [1.82, 2.24) is 4.98 Å². The highest BCUT2D eigenvalue weighted by atomic mass is 14.7. The van der Waals surface area contributed by atoms with Gasteiger partial charge in [-0.2, -0.15) is 0 Å². The zero-order valence-corrected chi connectivity index (χ0v) is 9.09. The molecule has 0 amide bonds. The molecule has 1 rings (SSSR count). The largest absolute Gasteiger partial charge is 0.261 e. The Morgan fingerprint density at radius 2 is 1.77 bits per heavy atom. The number of nitrogens with zero attached hydrogens (tertiary/aromatic N) is 1. The van der Waals surface area contributed by atoms with Crippen LogP contribution in [0.4, 0.5) is 0 Å². The molecule has 72 valence electrons. The lowest BCUT2D eigenvalue weighted by Crippen LogP contribution is -1.98. The van der Waals surface area contributed by atoms with Crippen LogP contribution < -0.4 is 0 Å². The van der Waals surface area contributed by atoms with E-state index in [2.05, 4.69) is 38.7 Å². The number of aromatic nitrogens is 1. The number of rotatable bonds is 3. The molecule has 0 bridgehead atoms. The monoisotopic (exact) mass is 177 g/mol. The minimum Gasteiger partial charge on any atom is -0.261 e. The molecule has 0 N–H and O–H groups in total. The van der Waals surface area contributed by atoms with E-state index in [4.69, 9.17) is 0 Å². The lowest BCUT2D eigenvalue weighted by atomic mass is 10.0. The first-order chi connectivity index (χ1) is 6.19. The van der Waals surface area contributed by atoms with E-state index in [0.29, 0.717) is 5.92 Å². The normalized spacial score (nSPS) is 10.8. The Bertz CT molecular complexity index is 276. The van der Waals surface area contributed by atoms with Gasteiger partial charge in [0.1, 0.15) is 0 Å². The van der Waals surface area contributed by atoms with E-state index in [0.717, 1.165) is 12.8 Å². The highest BCUT2D eigenvalue weighted by Gasteiger charge is 2.04. The van der Waals surface area contributed by atoms with Gasteiger partial charge in [-0.1, -0.05) is 27.7 Å². The summed E-state index contributed by atoms with van der Waals surface area (Å²) in [4.78, 5) is 4.46. The van der Waals surface area contributed by atoms with Crippen LogP contribution in [0.15, 0.2) is 12.3 Å². The molecule has 0 aromatic carbocycles. The summed E-state index contributed by atoms with van der Waals surface area (Å²) in [6, 6.07) is 2.25. The lowest BCUT2D eigenvalue weighted by Gasteiger charge is -2.09. The zero-order chi connectivity index (χ0) is 9.84. The molecule has 0 saturated carbocycles. The second-order valence-corrected chi connectivity index (χ2v) is 3.74. The molecule has 1 heterocycles. The molecule has 0 unspecified atom stereocenters. The van der Waals surface area contributed by atoms with Gasteiger partial charge in [0.25, 0.3) is 0 Å². The average molecular weight is 177 g/mol. The first-order valence-corrected chi connectivity index (χ1v) is 5.16. The third-order valence-electron chi connectivity index (χ3n) is 2.46. The van der Waals surface area contributed by atoms with E-state index in [1.54, 1.807) is 0 Å². The third-order valence-corrected chi connectivity index (χ3v) is 2.46. The fourth-order valence-corrected chi connectivity index (χ4v) is 1.51.